The Morgan fingerprint density at radius 3 is 1.31 bits per heavy atom. The molecule has 10 nitrogen and oxygen atoms in total. The van der Waals surface area contributed by atoms with E-state index < -0.39 is 0 Å². The van der Waals surface area contributed by atoms with Gasteiger partial charge in [-0.05, 0) is 196 Å². The first-order chi connectivity index (χ1) is 43.0. The molecular formula is C74H80Cl6N8O2. The van der Waals surface area contributed by atoms with Crippen LogP contribution in [-0.4, -0.2) is 97.2 Å². The minimum absolute atomic E-state index is 0.00283. The predicted molar refractivity (Wildman–Crippen MR) is 378 cm³/mol. The van der Waals surface area contributed by atoms with Gasteiger partial charge in [0, 0.05) is 92.1 Å². The highest BCUT2D eigenvalue weighted by Gasteiger charge is 2.35. The molecule has 0 bridgehead atoms. The van der Waals surface area contributed by atoms with Crippen molar-refractivity contribution in [2.24, 2.45) is 0 Å². The van der Waals surface area contributed by atoms with Crippen LogP contribution >= 0.6 is 69.6 Å². The molecule has 12 rings (SSSR count). The Hall–Kier alpha value is -6.60. The van der Waals surface area contributed by atoms with E-state index in [0.717, 1.165) is 92.0 Å². The van der Waals surface area contributed by atoms with Crippen LogP contribution in [0.1, 0.15) is 103 Å². The monoisotopic (exact) mass is 1320 g/mol. The number of fused-ring (bicyclic) bond motifs is 3. The van der Waals surface area contributed by atoms with Crippen LogP contribution < -0.4 is 25.3 Å². The van der Waals surface area contributed by atoms with Gasteiger partial charge in [-0.25, -0.2) is 9.59 Å². The molecule has 3 heterocycles. The van der Waals surface area contributed by atoms with Crippen molar-refractivity contribution < 1.29 is 9.59 Å². The van der Waals surface area contributed by atoms with Crippen molar-refractivity contribution in [1.29, 1.82) is 0 Å². The molecule has 90 heavy (non-hydrogen) atoms. The van der Waals surface area contributed by atoms with Gasteiger partial charge < -0.3 is 35.1 Å². The van der Waals surface area contributed by atoms with Crippen molar-refractivity contribution in [1.82, 2.24) is 25.3 Å². The second kappa shape index (κ2) is 29.3. The van der Waals surface area contributed by atoms with Crippen molar-refractivity contribution in [3.05, 3.63) is 250 Å². The quantitative estimate of drug-likeness (QED) is 0.150. The average molecular weight is 1330 g/mol. The van der Waals surface area contributed by atoms with Crippen LogP contribution in [0.5, 0.6) is 0 Å². The second-order valence-electron chi connectivity index (χ2n) is 25.4. The highest BCUT2D eigenvalue weighted by molar-refractivity contribution is 6.34. The van der Waals surface area contributed by atoms with Gasteiger partial charge in [0.05, 0.1) is 50.3 Å². The molecule has 0 saturated carbocycles. The van der Waals surface area contributed by atoms with E-state index >= 15 is 0 Å². The summed E-state index contributed by atoms with van der Waals surface area (Å²) in [5.74, 6) is 0. The van der Waals surface area contributed by atoms with Gasteiger partial charge in [0.2, 0.25) is 0 Å². The lowest BCUT2D eigenvalue weighted by Crippen LogP contribution is -2.56. The molecular weight excluding hydrogens is 1250 g/mol. The topological polar surface area (TPSA) is 77.6 Å². The fourth-order valence-corrected chi connectivity index (χ4v) is 13.9. The number of aryl methyl sites for hydroxylation is 3. The SMILES string of the molecule is Cc1ccc(N2CCN(C(=O)NC(C)(C)C)CC2c2ccc(Cl)cc2)c(Cl)c1.Cc1ccc(N2CCN(C(=O)NC(C)C)CC2c2ccc(Cl)cc2)c(Cl)c1.Cc1ccc(N2CCN(Cc3ccc4c(c3)Cc3ccccc3-4)CC2c2ccc(Cl)cc2)c(Cl)c1. The molecule has 4 amide bonds. The lowest BCUT2D eigenvalue weighted by molar-refractivity contribution is 0.176. The molecule has 0 radical (unpaired) electrons. The number of rotatable bonds is 9. The van der Waals surface area contributed by atoms with Crippen LogP contribution in [0, 0.1) is 20.8 Å². The highest BCUT2D eigenvalue weighted by atomic mass is 35.5. The number of carbonyl (C=O) groups is 2. The van der Waals surface area contributed by atoms with Gasteiger partial charge in [0.15, 0.2) is 0 Å². The van der Waals surface area contributed by atoms with Gasteiger partial charge >= 0.3 is 12.1 Å². The van der Waals surface area contributed by atoms with Crippen molar-refractivity contribution in [3.63, 3.8) is 0 Å². The van der Waals surface area contributed by atoms with E-state index in [4.69, 9.17) is 69.6 Å². The Labute approximate surface area is 562 Å². The molecule has 3 fully saturated rings. The number of halogens is 6. The van der Waals surface area contributed by atoms with Gasteiger partial charge in [-0.3, -0.25) is 4.90 Å². The summed E-state index contributed by atoms with van der Waals surface area (Å²) >= 11 is 38.2. The fourth-order valence-electron chi connectivity index (χ4n) is 12.5. The first kappa shape index (κ1) is 66.3. The van der Waals surface area contributed by atoms with E-state index in [1.165, 1.54) is 38.9 Å². The van der Waals surface area contributed by atoms with E-state index in [1.807, 2.05) is 131 Å². The molecule has 0 spiro atoms. The number of hydrogen-bond acceptors (Lipinski definition) is 6. The summed E-state index contributed by atoms with van der Waals surface area (Å²) in [6.07, 6.45) is 1.03. The van der Waals surface area contributed by atoms with Gasteiger partial charge in [-0.15, -0.1) is 0 Å². The number of nitrogens with one attached hydrogen (secondary N) is 2. The normalized spacial score (nSPS) is 17.4. The Kier molecular flexibility index (Phi) is 21.6. The van der Waals surface area contributed by atoms with E-state index in [9.17, 15) is 9.59 Å². The summed E-state index contributed by atoms with van der Waals surface area (Å²) < 4.78 is 0. The first-order valence-electron chi connectivity index (χ1n) is 30.9. The zero-order valence-corrected chi connectivity index (χ0v) is 57.1. The second-order valence-corrected chi connectivity index (χ2v) is 27.9. The van der Waals surface area contributed by atoms with E-state index in [0.29, 0.717) is 49.3 Å². The lowest BCUT2D eigenvalue weighted by atomic mass is 9.99. The summed E-state index contributed by atoms with van der Waals surface area (Å²) in [4.78, 5) is 38.6. The minimum Gasteiger partial charge on any atom is -0.361 e. The number of carbonyl (C=O) groups excluding carboxylic acids is 2. The number of nitrogens with zero attached hydrogens (tertiary/aromatic N) is 6. The molecule has 2 N–H and O–H groups in total. The van der Waals surface area contributed by atoms with Crippen LogP contribution in [-0.2, 0) is 13.0 Å². The van der Waals surface area contributed by atoms with Gasteiger partial charge in [0.1, 0.15) is 0 Å². The molecule has 16 heteroatoms. The summed E-state index contributed by atoms with van der Waals surface area (Å²) in [5, 5.41) is 10.5. The summed E-state index contributed by atoms with van der Waals surface area (Å²) in [5.41, 5.74) is 16.8. The third-order valence-corrected chi connectivity index (χ3v) is 18.6. The Bertz CT molecular complexity index is 3800. The van der Waals surface area contributed by atoms with Crippen LogP contribution in [0.2, 0.25) is 30.1 Å². The maximum atomic E-state index is 12.7. The molecule has 3 unspecified atom stereocenters. The number of benzene rings is 8. The number of anilines is 3. The Morgan fingerprint density at radius 1 is 0.467 bits per heavy atom. The largest absolute Gasteiger partial charge is 0.361 e. The maximum Gasteiger partial charge on any atom is 0.317 e. The highest BCUT2D eigenvalue weighted by Crippen LogP contribution is 2.41. The summed E-state index contributed by atoms with van der Waals surface area (Å²) in [7, 11) is 0. The molecule has 470 valence electrons. The van der Waals surface area contributed by atoms with E-state index in [1.54, 1.807) is 0 Å². The minimum atomic E-state index is -0.274. The van der Waals surface area contributed by atoms with E-state index in [-0.39, 0.29) is 41.8 Å². The third kappa shape index (κ3) is 16.5. The van der Waals surface area contributed by atoms with Crippen LogP contribution in [0.3, 0.4) is 0 Å². The van der Waals surface area contributed by atoms with Crippen LogP contribution in [0.4, 0.5) is 26.7 Å². The van der Waals surface area contributed by atoms with Gasteiger partial charge in [-0.2, -0.15) is 0 Å². The standard InChI is InChI=1S/C31H28Cl2N2.C22H27Cl2N3O.C21H25Cl2N3O/c1-21-6-13-30(29(33)16-21)35-15-14-34(20-31(35)23-8-10-26(32)11-9-23)19-22-7-12-28-25(17-22)18-24-4-2-3-5-27(24)28;1-15-5-10-19(18(24)13-15)27-12-11-26(21(28)25-22(2,3)4)14-20(27)16-6-8-17(23)9-7-16;1-14(2)24-21(27)25-10-11-26(19-9-4-15(3)12-18(19)23)20(13-25)16-5-7-17(22)8-6-16/h2-13,16-17,31H,14-15,18-20H2,1H3;5-10,13,20H,11-12,14H2,1-4H3,(H,25,28);4-9,12,14,20H,10-11,13H2,1-3H3,(H,24,27). The number of amides is 4. The average Bonchev–Trinajstić information content (AvgIpc) is 1.23. The predicted octanol–water partition coefficient (Wildman–Crippen LogP) is 18.9. The summed E-state index contributed by atoms with van der Waals surface area (Å²) in [6.45, 7) is 23.7. The Balaban J connectivity index is 0.000000150. The molecule has 3 aliphatic heterocycles. The van der Waals surface area contributed by atoms with Crippen molar-refractivity contribution in [2.75, 3.05) is 73.6 Å². The smallest absolute Gasteiger partial charge is 0.317 e. The number of piperazine rings is 3. The Morgan fingerprint density at radius 2 is 0.878 bits per heavy atom. The first-order valence-corrected chi connectivity index (χ1v) is 33.2. The van der Waals surface area contributed by atoms with E-state index in [2.05, 4.69) is 134 Å². The molecule has 1 aliphatic carbocycles. The molecule has 4 aliphatic rings. The lowest BCUT2D eigenvalue weighted by Gasteiger charge is -2.44. The summed E-state index contributed by atoms with van der Waals surface area (Å²) in [6, 6.07) is 58.6. The molecule has 3 saturated heterocycles. The third-order valence-electron chi connectivity index (χ3n) is 17.0. The van der Waals surface area contributed by atoms with Crippen molar-refractivity contribution in [2.45, 2.75) is 98.1 Å². The molecule has 8 aromatic rings. The maximum absolute atomic E-state index is 12.7. The van der Waals surface area contributed by atoms with Crippen molar-refractivity contribution in [3.8, 4) is 11.1 Å². The van der Waals surface area contributed by atoms with Gasteiger partial charge in [0.25, 0.3) is 0 Å². The fraction of sp³-hybridized carbons (Fsp3) is 0.324. The van der Waals surface area contributed by atoms with Crippen LogP contribution in [0.25, 0.3) is 11.1 Å². The zero-order chi connectivity index (χ0) is 64.0. The van der Waals surface area contributed by atoms with Crippen molar-refractivity contribution >= 4 is 98.7 Å². The van der Waals surface area contributed by atoms with Crippen LogP contribution in [0.15, 0.2) is 170 Å². The zero-order valence-electron chi connectivity index (χ0n) is 52.5. The molecule has 3 atom stereocenters. The molecule has 8 aromatic carbocycles. The number of hydrogen-bond donors (Lipinski definition) is 2. The molecule has 0 aromatic heterocycles. The van der Waals surface area contributed by atoms with Gasteiger partial charge in [-0.1, -0.05) is 167 Å². The number of urea groups is 2.